The summed E-state index contributed by atoms with van der Waals surface area (Å²) in [6, 6.07) is 0. The number of allylic oxidation sites excluding steroid dienone is 1. The monoisotopic (exact) mass is 224 g/mol. The van der Waals surface area contributed by atoms with Crippen molar-refractivity contribution in [3.05, 3.63) is 12.7 Å². The molecule has 1 saturated carbocycles. The Balaban J connectivity index is 2.22. The molecule has 2 fully saturated rings. The zero-order chi connectivity index (χ0) is 11.8. The van der Waals surface area contributed by atoms with Crippen molar-refractivity contribution in [2.75, 3.05) is 13.2 Å². The molecule has 2 aliphatic rings. The quantitative estimate of drug-likeness (QED) is 0.670. The van der Waals surface area contributed by atoms with Gasteiger partial charge in [0.15, 0.2) is 6.29 Å². The van der Waals surface area contributed by atoms with Crippen LogP contribution in [0.25, 0.3) is 0 Å². The maximum Gasteiger partial charge on any atom is 0.161 e. The normalized spacial score (nSPS) is 39.8. The lowest BCUT2D eigenvalue weighted by Gasteiger charge is -2.49. The van der Waals surface area contributed by atoms with Gasteiger partial charge in [0.05, 0.1) is 13.2 Å². The Kier molecular flexibility index (Phi) is 3.41. The molecule has 0 aromatic rings. The molecule has 92 valence electrons. The molecule has 0 radical (unpaired) electrons. The lowest BCUT2D eigenvalue weighted by atomic mass is 9.58. The van der Waals surface area contributed by atoms with E-state index >= 15 is 0 Å². The van der Waals surface area contributed by atoms with Gasteiger partial charge < -0.3 is 9.47 Å². The first-order valence-corrected chi connectivity index (χ1v) is 6.43. The van der Waals surface area contributed by atoms with E-state index in [2.05, 4.69) is 33.4 Å². The molecule has 1 saturated heterocycles. The van der Waals surface area contributed by atoms with Crippen LogP contribution < -0.4 is 0 Å². The Morgan fingerprint density at radius 1 is 1.19 bits per heavy atom. The molecule has 1 aliphatic carbocycles. The third-order valence-electron chi connectivity index (χ3n) is 4.77. The maximum atomic E-state index is 5.74. The second-order valence-corrected chi connectivity index (χ2v) is 5.84. The van der Waals surface area contributed by atoms with Gasteiger partial charge in [0, 0.05) is 5.92 Å². The topological polar surface area (TPSA) is 18.5 Å². The molecule has 0 spiro atoms. The van der Waals surface area contributed by atoms with Crippen molar-refractivity contribution in [2.45, 2.75) is 39.9 Å². The van der Waals surface area contributed by atoms with Gasteiger partial charge in [0.25, 0.3) is 0 Å². The first-order valence-electron chi connectivity index (χ1n) is 6.43. The van der Waals surface area contributed by atoms with E-state index in [0.717, 1.165) is 19.1 Å². The molecule has 1 aliphatic heterocycles. The SMILES string of the molecule is C=C[C@@H]1CC[C@@H](C)C(C)(C)[C@@H]1C1OCCO1. The molecule has 0 amide bonds. The summed E-state index contributed by atoms with van der Waals surface area (Å²) in [5.74, 6) is 1.71. The van der Waals surface area contributed by atoms with E-state index in [4.69, 9.17) is 9.47 Å². The average Bonchev–Trinajstić information content (AvgIpc) is 2.74. The van der Waals surface area contributed by atoms with Crippen LogP contribution in [0.15, 0.2) is 12.7 Å². The first-order chi connectivity index (χ1) is 7.57. The van der Waals surface area contributed by atoms with Gasteiger partial charge in [-0.1, -0.05) is 26.8 Å². The van der Waals surface area contributed by atoms with Crippen LogP contribution in [0.5, 0.6) is 0 Å². The highest BCUT2D eigenvalue weighted by Gasteiger charge is 2.48. The van der Waals surface area contributed by atoms with Gasteiger partial charge in [-0.3, -0.25) is 0 Å². The molecular weight excluding hydrogens is 200 g/mol. The standard InChI is InChI=1S/C14H24O2/c1-5-11-7-6-10(2)14(3,4)12(11)13-15-8-9-16-13/h5,10-13H,1,6-9H2,2-4H3/t10-,11-,12+/m1/s1. The fraction of sp³-hybridized carbons (Fsp3) is 0.857. The largest absolute Gasteiger partial charge is 0.350 e. The van der Waals surface area contributed by atoms with E-state index in [1.165, 1.54) is 12.8 Å². The number of rotatable bonds is 2. The second kappa shape index (κ2) is 4.50. The molecule has 2 heteroatoms. The molecule has 2 nitrogen and oxygen atoms in total. The average molecular weight is 224 g/mol. The number of hydrogen-bond acceptors (Lipinski definition) is 2. The predicted octanol–water partition coefficient (Wildman–Crippen LogP) is 3.23. The van der Waals surface area contributed by atoms with Crippen molar-refractivity contribution in [3.8, 4) is 0 Å². The van der Waals surface area contributed by atoms with Crippen molar-refractivity contribution >= 4 is 0 Å². The molecule has 0 aromatic carbocycles. The number of ether oxygens (including phenoxy) is 2. The van der Waals surface area contributed by atoms with Crippen molar-refractivity contribution < 1.29 is 9.47 Å². The van der Waals surface area contributed by atoms with Crippen LogP contribution >= 0.6 is 0 Å². The van der Waals surface area contributed by atoms with Crippen molar-refractivity contribution in [3.63, 3.8) is 0 Å². The highest BCUT2D eigenvalue weighted by Crippen LogP contribution is 2.50. The van der Waals surface area contributed by atoms with Crippen molar-refractivity contribution in [2.24, 2.45) is 23.2 Å². The van der Waals surface area contributed by atoms with Crippen LogP contribution in [-0.4, -0.2) is 19.5 Å². The summed E-state index contributed by atoms with van der Waals surface area (Å²) in [6.45, 7) is 12.5. The van der Waals surface area contributed by atoms with Gasteiger partial charge in [-0.2, -0.15) is 0 Å². The third kappa shape index (κ3) is 1.93. The van der Waals surface area contributed by atoms with Crippen LogP contribution in [0.2, 0.25) is 0 Å². The number of hydrogen-bond donors (Lipinski definition) is 0. The van der Waals surface area contributed by atoms with Gasteiger partial charge in [-0.15, -0.1) is 6.58 Å². The highest BCUT2D eigenvalue weighted by atomic mass is 16.7. The van der Waals surface area contributed by atoms with Crippen LogP contribution in [0.4, 0.5) is 0 Å². The molecule has 0 aromatic heterocycles. The van der Waals surface area contributed by atoms with E-state index in [9.17, 15) is 0 Å². The van der Waals surface area contributed by atoms with Gasteiger partial charge >= 0.3 is 0 Å². The maximum absolute atomic E-state index is 5.74. The highest BCUT2D eigenvalue weighted by molar-refractivity contribution is 4.99. The van der Waals surface area contributed by atoms with E-state index in [-0.39, 0.29) is 11.7 Å². The van der Waals surface area contributed by atoms with Crippen LogP contribution in [0, 0.1) is 23.2 Å². The Morgan fingerprint density at radius 3 is 2.38 bits per heavy atom. The zero-order valence-corrected chi connectivity index (χ0v) is 10.7. The fourth-order valence-corrected chi connectivity index (χ4v) is 3.28. The zero-order valence-electron chi connectivity index (χ0n) is 10.7. The summed E-state index contributed by atoms with van der Waals surface area (Å²) in [4.78, 5) is 0. The second-order valence-electron chi connectivity index (χ2n) is 5.84. The predicted molar refractivity (Wildman–Crippen MR) is 65.0 cm³/mol. The van der Waals surface area contributed by atoms with Gasteiger partial charge in [0.2, 0.25) is 0 Å². The van der Waals surface area contributed by atoms with Crippen LogP contribution in [0.3, 0.4) is 0 Å². The molecule has 0 bridgehead atoms. The van der Waals surface area contributed by atoms with Crippen LogP contribution in [0.1, 0.15) is 33.6 Å². The first kappa shape index (κ1) is 12.1. The third-order valence-corrected chi connectivity index (χ3v) is 4.77. The molecule has 3 atom stereocenters. The lowest BCUT2D eigenvalue weighted by Crippen LogP contribution is -2.46. The smallest absolute Gasteiger partial charge is 0.161 e. The minimum absolute atomic E-state index is 0.0132. The van der Waals surface area contributed by atoms with Gasteiger partial charge in [0.1, 0.15) is 0 Å². The van der Waals surface area contributed by atoms with E-state index in [1.807, 2.05) is 0 Å². The minimum Gasteiger partial charge on any atom is -0.350 e. The molecule has 16 heavy (non-hydrogen) atoms. The minimum atomic E-state index is -0.0132. The van der Waals surface area contributed by atoms with Gasteiger partial charge in [-0.05, 0) is 30.1 Å². The molecule has 0 unspecified atom stereocenters. The summed E-state index contributed by atoms with van der Waals surface area (Å²) in [5, 5.41) is 0. The molecule has 0 N–H and O–H groups in total. The summed E-state index contributed by atoms with van der Waals surface area (Å²) < 4.78 is 11.5. The van der Waals surface area contributed by atoms with E-state index < -0.39 is 0 Å². The van der Waals surface area contributed by atoms with E-state index in [1.54, 1.807) is 0 Å². The van der Waals surface area contributed by atoms with Crippen LogP contribution in [-0.2, 0) is 9.47 Å². The molecular formula is C14H24O2. The summed E-state index contributed by atoms with van der Waals surface area (Å²) >= 11 is 0. The summed E-state index contributed by atoms with van der Waals surface area (Å²) in [5.41, 5.74) is 0.270. The van der Waals surface area contributed by atoms with Crippen molar-refractivity contribution in [1.29, 1.82) is 0 Å². The Morgan fingerprint density at radius 2 is 1.81 bits per heavy atom. The van der Waals surface area contributed by atoms with E-state index in [0.29, 0.717) is 11.8 Å². The summed E-state index contributed by atoms with van der Waals surface area (Å²) in [6.07, 6.45) is 4.60. The fourth-order valence-electron chi connectivity index (χ4n) is 3.28. The lowest BCUT2D eigenvalue weighted by molar-refractivity contribution is -0.153. The Hall–Kier alpha value is -0.340. The Bertz CT molecular complexity index is 253. The molecule has 2 rings (SSSR count). The van der Waals surface area contributed by atoms with Gasteiger partial charge in [-0.25, -0.2) is 0 Å². The summed E-state index contributed by atoms with van der Waals surface area (Å²) in [7, 11) is 0. The Labute approximate surface area is 99.0 Å². The van der Waals surface area contributed by atoms with Crippen molar-refractivity contribution in [1.82, 2.24) is 0 Å². The molecule has 1 heterocycles.